The van der Waals surface area contributed by atoms with Crippen molar-refractivity contribution in [2.24, 2.45) is 0 Å². The first-order valence-corrected chi connectivity index (χ1v) is 7.84. The second-order valence-electron chi connectivity index (χ2n) is 5.63. The molecule has 0 spiro atoms. The molecule has 0 bridgehead atoms. The minimum absolute atomic E-state index is 0.313. The molecule has 1 heterocycles. The summed E-state index contributed by atoms with van der Waals surface area (Å²) in [6.07, 6.45) is 2.59. The lowest BCUT2D eigenvalue weighted by molar-refractivity contribution is 0.160. The molecule has 1 aliphatic carbocycles. The first kappa shape index (κ1) is 13.6. The summed E-state index contributed by atoms with van der Waals surface area (Å²) in [6, 6.07) is 6.45. The van der Waals surface area contributed by atoms with E-state index in [-0.39, 0.29) is 6.10 Å². The van der Waals surface area contributed by atoms with E-state index in [9.17, 15) is 5.11 Å². The van der Waals surface area contributed by atoms with E-state index in [0.717, 1.165) is 40.4 Å². The third-order valence-corrected chi connectivity index (χ3v) is 5.09. The van der Waals surface area contributed by atoms with Gasteiger partial charge in [0.15, 0.2) is 0 Å². The molecule has 0 radical (unpaired) electrons. The molecule has 4 heteroatoms. The molecule has 0 amide bonds. The van der Waals surface area contributed by atoms with Crippen LogP contribution in [0.25, 0.3) is 10.6 Å². The number of nitrogens with zero attached hydrogens (tertiary/aromatic N) is 2. The quantitative estimate of drug-likeness (QED) is 0.918. The van der Waals surface area contributed by atoms with E-state index >= 15 is 0 Å². The molecular formula is C16H20N2OS. The number of benzene rings is 1. The third-order valence-electron chi connectivity index (χ3n) is 3.85. The summed E-state index contributed by atoms with van der Waals surface area (Å²) in [4.78, 5) is 7.92. The Kier molecular flexibility index (Phi) is 3.52. The molecule has 1 N–H and O–H groups in total. The number of anilines is 1. The van der Waals surface area contributed by atoms with Gasteiger partial charge in [0.25, 0.3) is 0 Å². The van der Waals surface area contributed by atoms with E-state index in [1.807, 2.05) is 0 Å². The number of aryl methyl sites for hydroxylation is 2. The van der Waals surface area contributed by atoms with Gasteiger partial charge in [0.2, 0.25) is 0 Å². The van der Waals surface area contributed by atoms with E-state index in [4.69, 9.17) is 4.98 Å². The lowest BCUT2D eigenvalue weighted by Gasteiger charge is -2.15. The van der Waals surface area contributed by atoms with Crippen molar-refractivity contribution in [2.75, 3.05) is 19.0 Å². The molecule has 3 nitrogen and oxygen atoms in total. The number of hydrogen-bond donors (Lipinski definition) is 1. The van der Waals surface area contributed by atoms with Gasteiger partial charge in [-0.15, -0.1) is 11.3 Å². The fraction of sp³-hybridized carbons (Fsp3) is 0.438. The van der Waals surface area contributed by atoms with Crippen molar-refractivity contribution in [1.29, 1.82) is 0 Å². The van der Waals surface area contributed by atoms with E-state index in [1.54, 1.807) is 11.3 Å². The molecule has 0 fully saturated rings. The van der Waals surface area contributed by atoms with Crippen LogP contribution in [0.15, 0.2) is 18.2 Å². The zero-order valence-electron chi connectivity index (χ0n) is 12.2. The molecule has 1 aliphatic rings. The number of aliphatic hydroxyl groups excluding tert-OH is 1. The highest BCUT2D eigenvalue weighted by molar-refractivity contribution is 7.15. The molecule has 1 unspecified atom stereocenters. The smallest absolute Gasteiger partial charge is 0.123 e. The normalized spacial score (nSPS) is 17.9. The maximum absolute atomic E-state index is 10.1. The fourth-order valence-corrected chi connectivity index (χ4v) is 3.94. The summed E-state index contributed by atoms with van der Waals surface area (Å²) < 4.78 is 0. The second kappa shape index (κ2) is 5.19. The molecule has 2 aromatic rings. The molecule has 1 aromatic carbocycles. The van der Waals surface area contributed by atoms with Gasteiger partial charge in [0.05, 0.1) is 16.7 Å². The van der Waals surface area contributed by atoms with Crippen LogP contribution in [0.5, 0.6) is 0 Å². The van der Waals surface area contributed by atoms with Crippen molar-refractivity contribution in [2.45, 2.75) is 32.3 Å². The lowest BCUT2D eigenvalue weighted by Crippen LogP contribution is -2.09. The Balaban J connectivity index is 1.99. The van der Waals surface area contributed by atoms with E-state index in [2.05, 4.69) is 44.1 Å². The first-order valence-electron chi connectivity index (χ1n) is 7.02. The predicted octanol–water partition coefficient (Wildman–Crippen LogP) is 3.55. The van der Waals surface area contributed by atoms with Crippen molar-refractivity contribution in [3.8, 4) is 10.6 Å². The molecule has 1 aromatic heterocycles. The largest absolute Gasteiger partial charge is 0.388 e. The SMILES string of the molecule is Cc1cc(-c2nc3c(s2)C(O)CCC3)ccc1N(C)C. The van der Waals surface area contributed by atoms with Crippen LogP contribution < -0.4 is 4.90 Å². The van der Waals surface area contributed by atoms with Gasteiger partial charge in [-0.2, -0.15) is 0 Å². The summed E-state index contributed by atoms with van der Waals surface area (Å²) in [7, 11) is 4.11. The van der Waals surface area contributed by atoms with Crippen LogP contribution in [0.1, 0.15) is 35.1 Å². The Morgan fingerprint density at radius 3 is 2.80 bits per heavy atom. The van der Waals surface area contributed by atoms with Crippen molar-refractivity contribution < 1.29 is 5.11 Å². The Hall–Kier alpha value is -1.39. The number of aromatic nitrogens is 1. The summed E-state index contributed by atoms with van der Waals surface area (Å²) in [6.45, 7) is 2.13. The molecule has 0 saturated carbocycles. The van der Waals surface area contributed by atoms with Crippen molar-refractivity contribution in [3.63, 3.8) is 0 Å². The highest BCUT2D eigenvalue weighted by atomic mass is 32.1. The van der Waals surface area contributed by atoms with Crippen LogP contribution in [-0.4, -0.2) is 24.2 Å². The topological polar surface area (TPSA) is 36.4 Å². The van der Waals surface area contributed by atoms with Crippen molar-refractivity contribution in [3.05, 3.63) is 34.3 Å². The van der Waals surface area contributed by atoms with Crippen LogP contribution in [0.3, 0.4) is 0 Å². The Morgan fingerprint density at radius 2 is 2.15 bits per heavy atom. The predicted molar refractivity (Wildman–Crippen MR) is 84.5 cm³/mol. The van der Waals surface area contributed by atoms with Gasteiger partial charge in [-0.05, 0) is 49.9 Å². The minimum Gasteiger partial charge on any atom is -0.388 e. The number of rotatable bonds is 2. The van der Waals surface area contributed by atoms with Crippen LogP contribution in [0.4, 0.5) is 5.69 Å². The monoisotopic (exact) mass is 288 g/mol. The van der Waals surface area contributed by atoms with Gasteiger partial charge in [-0.25, -0.2) is 4.98 Å². The zero-order chi connectivity index (χ0) is 14.3. The highest BCUT2D eigenvalue weighted by Gasteiger charge is 2.23. The number of aliphatic hydroxyl groups is 1. The van der Waals surface area contributed by atoms with Gasteiger partial charge in [-0.1, -0.05) is 0 Å². The van der Waals surface area contributed by atoms with Crippen LogP contribution in [-0.2, 0) is 6.42 Å². The second-order valence-corrected chi connectivity index (χ2v) is 6.66. The van der Waals surface area contributed by atoms with E-state index in [0.29, 0.717) is 0 Å². The number of fused-ring (bicyclic) bond motifs is 1. The van der Waals surface area contributed by atoms with Gasteiger partial charge >= 0.3 is 0 Å². The maximum Gasteiger partial charge on any atom is 0.123 e. The van der Waals surface area contributed by atoms with Crippen LogP contribution >= 0.6 is 11.3 Å². The molecule has 0 saturated heterocycles. The zero-order valence-corrected chi connectivity index (χ0v) is 13.0. The van der Waals surface area contributed by atoms with Crippen LogP contribution in [0, 0.1) is 6.92 Å². The number of thiazole rings is 1. The van der Waals surface area contributed by atoms with Gasteiger partial charge in [-0.3, -0.25) is 0 Å². The maximum atomic E-state index is 10.1. The molecular weight excluding hydrogens is 268 g/mol. The fourth-order valence-electron chi connectivity index (χ4n) is 2.81. The minimum atomic E-state index is -0.313. The Morgan fingerprint density at radius 1 is 1.35 bits per heavy atom. The average molecular weight is 288 g/mol. The van der Waals surface area contributed by atoms with Gasteiger partial charge < -0.3 is 10.0 Å². The molecule has 0 aliphatic heterocycles. The van der Waals surface area contributed by atoms with Crippen molar-refractivity contribution in [1.82, 2.24) is 4.98 Å². The third kappa shape index (κ3) is 2.34. The van der Waals surface area contributed by atoms with Gasteiger partial charge in [0.1, 0.15) is 5.01 Å². The molecule has 106 valence electrons. The highest BCUT2D eigenvalue weighted by Crippen LogP contribution is 2.38. The number of hydrogen-bond acceptors (Lipinski definition) is 4. The van der Waals surface area contributed by atoms with E-state index < -0.39 is 0 Å². The summed E-state index contributed by atoms with van der Waals surface area (Å²) >= 11 is 1.64. The molecule has 20 heavy (non-hydrogen) atoms. The first-order chi connectivity index (χ1) is 9.56. The van der Waals surface area contributed by atoms with Gasteiger partial charge in [0, 0.05) is 25.3 Å². The molecule has 1 atom stereocenters. The van der Waals surface area contributed by atoms with Crippen molar-refractivity contribution >= 4 is 17.0 Å². The Labute approximate surface area is 123 Å². The molecule has 3 rings (SSSR count). The Bertz CT molecular complexity index is 633. The lowest BCUT2D eigenvalue weighted by atomic mass is 10.0. The summed E-state index contributed by atoms with van der Waals surface area (Å²) in [5, 5.41) is 11.1. The standard InChI is InChI=1S/C16H20N2OS/c1-10-9-11(7-8-13(10)18(2)3)16-17-12-5-4-6-14(19)15(12)20-16/h7-9,14,19H,4-6H2,1-3H3. The van der Waals surface area contributed by atoms with Crippen LogP contribution in [0.2, 0.25) is 0 Å². The summed E-state index contributed by atoms with van der Waals surface area (Å²) in [5.41, 5.74) is 4.73. The summed E-state index contributed by atoms with van der Waals surface area (Å²) in [5.74, 6) is 0. The average Bonchev–Trinajstić information content (AvgIpc) is 2.83. The van der Waals surface area contributed by atoms with E-state index in [1.165, 1.54) is 11.3 Å².